The zero-order valence-corrected chi connectivity index (χ0v) is 5.44. The van der Waals surface area contributed by atoms with E-state index in [9.17, 15) is 0 Å². The molecule has 0 radical (unpaired) electrons. The zero-order chi connectivity index (χ0) is 4.50. The number of phosphoric acid groups is 1. The van der Waals surface area contributed by atoms with Crippen molar-refractivity contribution in [3.05, 3.63) is 0 Å². The third-order valence-corrected chi connectivity index (χ3v) is 0. The molecule has 0 unspecified atom stereocenters. The van der Waals surface area contributed by atoms with E-state index >= 15 is 0 Å². The Balaban J connectivity index is -0.0000000800. The van der Waals surface area contributed by atoms with Crippen LogP contribution in [0, 0.1) is 38.2 Å². The van der Waals surface area contributed by atoms with Crippen LogP contribution in [0.5, 0.6) is 0 Å². The molecule has 0 rings (SSSR count). The Morgan fingerprint density at radius 2 is 1.14 bits per heavy atom. The summed E-state index contributed by atoms with van der Waals surface area (Å²) < 4.78 is 8.88. The fourth-order valence-electron chi connectivity index (χ4n) is 0. The van der Waals surface area contributed by atoms with Gasteiger partial charge in [-0.25, -0.2) is 4.57 Å². The Bertz CT molecular complexity index is 57.8. The van der Waals surface area contributed by atoms with E-state index in [4.69, 9.17) is 19.2 Å². The maximum absolute atomic E-state index is 8.88. The quantitative estimate of drug-likeness (QED) is 0.373. The summed E-state index contributed by atoms with van der Waals surface area (Å²) in [5.41, 5.74) is 0. The van der Waals surface area contributed by atoms with Gasteiger partial charge < -0.3 is 14.7 Å². The monoisotopic (exact) mass is 302 g/mol. The van der Waals surface area contributed by atoms with E-state index < -0.39 is 7.82 Å². The molecule has 0 bridgehead atoms. The maximum atomic E-state index is 8.88. The normalized spacial score (nSPS) is 8.43. The van der Waals surface area contributed by atoms with Gasteiger partial charge in [0, 0.05) is 38.2 Å². The van der Waals surface area contributed by atoms with E-state index in [0.29, 0.717) is 0 Å². The molecule has 0 saturated heterocycles. The van der Waals surface area contributed by atoms with Crippen LogP contribution in [0.2, 0.25) is 0 Å². The van der Waals surface area contributed by atoms with E-state index in [1.807, 2.05) is 0 Å². The predicted octanol–water partition coefficient (Wildman–Crippen LogP) is -1.58. The second-order valence-electron chi connectivity index (χ2n) is 0.513. The second-order valence-corrected chi connectivity index (χ2v) is 1.54. The van der Waals surface area contributed by atoms with Gasteiger partial charge >= 0.3 is 59.2 Å². The first-order valence-electron chi connectivity index (χ1n) is 0.783. The molecule has 0 aromatic heterocycles. The van der Waals surface area contributed by atoms with Crippen LogP contribution < -0.4 is 0 Å². The molecule has 0 aliphatic rings. The van der Waals surface area contributed by atoms with Gasteiger partial charge in [0.1, 0.15) is 0 Å². The van der Waals surface area contributed by atoms with Crippen molar-refractivity contribution in [3.8, 4) is 0 Å². The Morgan fingerprint density at radius 1 is 1.14 bits per heavy atom. The first-order chi connectivity index (χ1) is 2.00. The van der Waals surface area contributed by atoms with Gasteiger partial charge in [-0.05, 0) is 0 Å². The molecule has 0 amide bonds. The Kier molecular flexibility index (Phi) is 16.8. The summed E-state index contributed by atoms with van der Waals surface area (Å²) in [5.74, 6) is 0. The molecule has 7 heavy (non-hydrogen) atoms. The summed E-state index contributed by atoms with van der Waals surface area (Å²) in [7, 11) is -4.64. The van der Waals surface area contributed by atoms with Gasteiger partial charge in [-0.1, -0.05) is 0 Å². The summed E-state index contributed by atoms with van der Waals surface area (Å²) in [4.78, 5) is 21.6. The van der Waals surface area contributed by atoms with Crippen LogP contribution in [0.1, 0.15) is 0 Å². The van der Waals surface area contributed by atoms with Crippen molar-refractivity contribution in [2.75, 3.05) is 0 Å². The minimum atomic E-state index is -4.64. The van der Waals surface area contributed by atoms with Crippen molar-refractivity contribution in [1.82, 2.24) is 0 Å². The summed E-state index contributed by atoms with van der Waals surface area (Å²) in [5, 5.41) is 0. The predicted molar refractivity (Wildman–Crippen MR) is 21.4 cm³/mol. The molecule has 3 N–H and O–H groups in total. The minimum absolute atomic E-state index is 0. The van der Waals surface area contributed by atoms with Gasteiger partial charge in [0.25, 0.3) is 0 Å². The molecule has 0 aliphatic carbocycles. The first-order valence-corrected chi connectivity index (χ1v) is 2.35. The first kappa shape index (κ1) is 16.5. The fourth-order valence-corrected chi connectivity index (χ4v) is 0. The molecule has 0 fully saturated rings. The Hall–Kier alpha value is 3.02. The fraction of sp³-hybridized carbons (Fsp3) is 0. The number of hydrogen-bond donors (Lipinski definition) is 3. The van der Waals surface area contributed by atoms with Gasteiger partial charge in [0.05, 0.1) is 0 Å². The number of hydrogen-bond acceptors (Lipinski definition) is 1. The van der Waals surface area contributed by atoms with Crippen molar-refractivity contribution >= 4 is 59.2 Å². The summed E-state index contributed by atoms with van der Waals surface area (Å²) >= 11 is 0. The van der Waals surface area contributed by atoms with Crippen molar-refractivity contribution in [3.63, 3.8) is 0 Å². The average molecular weight is 301 g/mol. The van der Waals surface area contributed by atoms with Gasteiger partial charge in [-0.15, -0.1) is 0 Å². The molecular weight excluding hydrogens is 297 g/mol. The van der Waals surface area contributed by atoms with Crippen LogP contribution in [0.4, 0.5) is 0 Å². The van der Waals surface area contributed by atoms with Crippen molar-refractivity contribution in [2.24, 2.45) is 0 Å². The third kappa shape index (κ3) is 48.7. The van der Waals surface area contributed by atoms with E-state index in [0.717, 1.165) is 0 Å². The molecule has 44 valence electrons. The topological polar surface area (TPSA) is 77.8 Å². The summed E-state index contributed by atoms with van der Waals surface area (Å²) in [6, 6.07) is 0. The van der Waals surface area contributed by atoms with E-state index in [2.05, 4.69) is 0 Å². The van der Waals surface area contributed by atoms with Crippen molar-refractivity contribution in [2.45, 2.75) is 0 Å². The van der Waals surface area contributed by atoms with Gasteiger partial charge in [0.15, 0.2) is 0 Å². The van der Waals surface area contributed by atoms with Crippen LogP contribution in [-0.2, 0) is 4.57 Å². The van der Waals surface area contributed by atoms with Crippen LogP contribution in [0.25, 0.3) is 0 Å². The molecule has 0 saturated carbocycles. The summed E-state index contributed by atoms with van der Waals surface area (Å²) in [6.07, 6.45) is 0. The molecule has 4 nitrogen and oxygen atoms in total. The molecule has 0 spiro atoms. The van der Waals surface area contributed by atoms with E-state index in [1.54, 1.807) is 0 Å². The Morgan fingerprint density at radius 3 is 1.14 bits per heavy atom. The van der Waals surface area contributed by atoms with Crippen LogP contribution in [-0.4, -0.2) is 66.1 Å². The third-order valence-electron chi connectivity index (χ3n) is 0. The van der Waals surface area contributed by atoms with Gasteiger partial charge in [0.2, 0.25) is 0 Å². The van der Waals surface area contributed by atoms with Crippen molar-refractivity contribution in [1.29, 1.82) is 0 Å². The molecule has 0 heterocycles. The van der Waals surface area contributed by atoms with Crippen LogP contribution in [0.3, 0.4) is 0 Å². The standard InChI is InChI=1S/Dy.K.H3O4P.H/c;;1-5(2,3)4;/h;;(H3,1,2,3,4);. The average Bonchev–Trinajstić information content (AvgIpc) is 0.722. The molecule has 7 heteroatoms. The molecule has 0 aliphatic heterocycles. The molecule has 0 aromatic carbocycles. The summed E-state index contributed by atoms with van der Waals surface area (Å²) in [6.45, 7) is 0. The van der Waals surface area contributed by atoms with E-state index in [-0.39, 0.29) is 89.6 Å². The molecule has 0 aromatic rings. The number of rotatable bonds is 0. The van der Waals surface area contributed by atoms with E-state index in [1.165, 1.54) is 0 Å². The molecular formula is H4DyKO4P. The molecule has 0 atom stereocenters. The Labute approximate surface area is 114 Å². The van der Waals surface area contributed by atoms with Gasteiger partial charge in [-0.3, -0.25) is 0 Å². The van der Waals surface area contributed by atoms with Crippen molar-refractivity contribution < 1.29 is 57.4 Å². The SMILES string of the molecule is O=P(O)(O)O.[Dy].[KH]. The van der Waals surface area contributed by atoms with Crippen LogP contribution >= 0.6 is 7.82 Å². The van der Waals surface area contributed by atoms with Crippen LogP contribution in [0.15, 0.2) is 0 Å². The zero-order valence-electron chi connectivity index (χ0n) is 2.51. The second kappa shape index (κ2) is 7.13. The van der Waals surface area contributed by atoms with Gasteiger partial charge in [-0.2, -0.15) is 0 Å².